The van der Waals surface area contributed by atoms with Crippen molar-refractivity contribution in [3.05, 3.63) is 20.8 Å². The summed E-state index contributed by atoms with van der Waals surface area (Å²) < 4.78 is 1.16. The van der Waals surface area contributed by atoms with E-state index in [0.29, 0.717) is 5.92 Å². The number of thiophene rings is 1. The zero-order valence-electron chi connectivity index (χ0n) is 8.59. The fourth-order valence-electron chi connectivity index (χ4n) is 1.39. The number of nitrogens with one attached hydrogen (secondary N) is 1. The van der Waals surface area contributed by atoms with Gasteiger partial charge in [-0.15, -0.1) is 0 Å². The predicted octanol–water partition coefficient (Wildman–Crippen LogP) is 3.45. The van der Waals surface area contributed by atoms with E-state index in [9.17, 15) is 0 Å². The molecule has 0 aliphatic heterocycles. The summed E-state index contributed by atoms with van der Waals surface area (Å²) in [6.07, 6.45) is 2.28. The van der Waals surface area contributed by atoms with Gasteiger partial charge in [0.25, 0.3) is 0 Å². The van der Waals surface area contributed by atoms with Crippen LogP contribution in [0.25, 0.3) is 0 Å². The SMILES string of the molecule is CCC(C)CC(NN)c1cscc1Br. The van der Waals surface area contributed by atoms with Gasteiger partial charge in [-0.05, 0) is 39.2 Å². The number of halogens is 1. The van der Waals surface area contributed by atoms with Gasteiger partial charge >= 0.3 is 0 Å². The molecule has 1 heterocycles. The molecule has 0 aromatic carbocycles. The highest BCUT2D eigenvalue weighted by Gasteiger charge is 2.16. The van der Waals surface area contributed by atoms with Crippen molar-refractivity contribution in [2.24, 2.45) is 11.8 Å². The minimum Gasteiger partial charge on any atom is -0.271 e. The summed E-state index contributed by atoms with van der Waals surface area (Å²) in [7, 11) is 0. The molecule has 2 nitrogen and oxygen atoms in total. The van der Waals surface area contributed by atoms with Gasteiger partial charge in [0.05, 0.1) is 0 Å². The van der Waals surface area contributed by atoms with Crippen LogP contribution in [0.1, 0.15) is 38.3 Å². The molecular formula is C10H17BrN2S. The minimum atomic E-state index is 0.269. The summed E-state index contributed by atoms with van der Waals surface area (Å²) in [6.45, 7) is 4.46. The van der Waals surface area contributed by atoms with Crippen LogP contribution in [0, 0.1) is 5.92 Å². The molecule has 0 amide bonds. The molecule has 1 rings (SSSR count). The lowest BCUT2D eigenvalue weighted by atomic mass is 9.96. The zero-order chi connectivity index (χ0) is 10.6. The Kier molecular flexibility index (Phi) is 5.09. The second kappa shape index (κ2) is 5.85. The van der Waals surface area contributed by atoms with E-state index in [2.05, 4.69) is 46.0 Å². The average Bonchev–Trinajstić information content (AvgIpc) is 2.60. The normalized spacial score (nSPS) is 15.4. The van der Waals surface area contributed by atoms with E-state index in [4.69, 9.17) is 5.84 Å². The monoisotopic (exact) mass is 276 g/mol. The molecule has 2 atom stereocenters. The van der Waals surface area contributed by atoms with E-state index in [1.807, 2.05) is 0 Å². The molecule has 0 aliphatic rings. The predicted molar refractivity (Wildman–Crippen MR) is 66.2 cm³/mol. The molecule has 0 aliphatic carbocycles. The van der Waals surface area contributed by atoms with E-state index >= 15 is 0 Å². The second-order valence-electron chi connectivity index (χ2n) is 3.64. The van der Waals surface area contributed by atoms with Crippen molar-refractivity contribution in [3.8, 4) is 0 Å². The third kappa shape index (κ3) is 3.05. The van der Waals surface area contributed by atoms with Crippen molar-refractivity contribution < 1.29 is 0 Å². The summed E-state index contributed by atoms with van der Waals surface area (Å²) >= 11 is 5.24. The van der Waals surface area contributed by atoms with Gasteiger partial charge in [-0.25, -0.2) is 0 Å². The number of hydrazine groups is 1. The molecule has 0 spiro atoms. The van der Waals surface area contributed by atoms with Gasteiger partial charge in [0.2, 0.25) is 0 Å². The first kappa shape index (κ1) is 12.2. The fraction of sp³-hybridized carbons (Fsp3) is 0.600. The van der Waals surface area contributed by atoms with Crippen LogP contribution < -0.4 is 11.3 Å². The molecule has 14 heavy (non-hydrogen) atoms. The Labute approximate surface area is 98.0 Å². The van der Waals surface area contributed by atoms with Gasteiger partial charge in [0.15, 0.2) is 0 Å². The lowest BCUT2D eigenvalue weighted by Crippen LogP contribution is -2.29. The molecule has 0 fully saturated rings. The number of hydrogen-bond acceptors (Lipinski definition) is 3. The molecular weight excluding hydrogens is 260 g/mol. The Morgan fingerprint density at radius 2 is 2.29 bits per heavy atom. The maximum atomic E-state index is 5.57. The molecule has 4 heteroatoms. The molecule has 0 radical (unpaired) electrons. The molecule has 3 N–H and O–H groups in total. The van der Waals surface area contributed by atoms with Crippen LogP contribution in [0.3, 0.4) is 0 Å². The Balaban J connectivity index is 2.67. The van der Waals surface area contributed by atoms with Crippen LogP contribution in [0.2, 0.25) is 0 Å². The third-order valence-corrected chi connectivity index (χ3v) is 4.31. The Hall–Kier alpha value is 0.100. The summed E-state index contributed by atoms with van der Waals surface area (Å²) in [5.41, 5.74) is 4.16. The number of rotatable bonds is 5. The molecule has 1 aromatic heterocycles. The van der Waals surface area contributed by atoms with Crippen LogP contribution in [0.4, 0.5) is 0 Å². The van der Waals surface area contributed by atoms with Gasteiger partial charge in [-0.2, -0.15) is 11.3 Å². The van der Waals surface area contributed by atoms with Crippen LogP contribution >= 0.6 is 27.3 Å². The smallest absolute Gasteiger partial charge is 0.0482 e. The third-order valence-electron chi connectivity index (χ3n) is 2.55. The van der Waals surface area contributed by atoms with Crippen LogP contribution in [0.15, 0.2) is 15.2 Å². The molecule has 2 unspecified atom stereocenters. The standard InChI is InChI=1S/C10H17BrN2S/c1-3-7(2)4-10(13-12)8-5-14-6-9(8)11/h5-7,10,13H,3-4,12H2,1-2H3. The number of hydrogen-bond donors (Lipinski definition) is 2. The van der Waals surface area contributed by atoms with E-state index in [1.165, 1.54) is 12.0 Å². The van der Waals surface area contributed by atoms with Crippen molar-refractivity contribution in [1.82, 2.24) is 5.43 Å². The van der Waals surface area contributed by atoms with Gasteiger partial charge in [0.1, 0.15) is 0 Å². The number of nitrogens with two attached hydrogens (primary N) is 1. The molecule has 1 aromatic rings. The summed E-state index contributed by atoms with van der Waals surface area (Å²) in [5.74, 6) is 6.27. The zero-order valence-corrected chi connectivity index (χ0v) is 11.0. The Morgan fingerprint density at radius 1 is 1.57 bits per heavy atom. The summed E-state index contributed by atoms with van der Waals surface area (Å²) in [6, 6.07) is 0.269. The largest absolute Gasteiger partial charge is 0.271 e. The quantitative estimate of drug-likeness (QED) is 0.639. The van der Waals surface area contributed by atoms with E-state index < -0.39 is 0 Å². The van der Waals surface area contributed by atoms with Crippen LogP contribution in [-0.2, 0) is 0 Å². The highest BCUT2D eigenvalue weighted by Crippen LogP contribution is 2.31. The van der Waals surface area contributed by atoms with Crippen molar-refractivity contribution in [1.29, 1.82) is 0 Å². The first-order valence-corrected chi connectivity index (χ1v) is 6.60. The van der Waals surface area contributed by atoms with Gasteiger partial charge in [-0.3, -0.25) is 11.3 Å². The molecule has 0 saturated carbocycles. The van der Waals surface area contributed by atoms with Gasteiger partial charge in [0, 0.05) is 15.9 Å². The second-order valence-corrected chi connectivity index (χ2v) is 5.24. The molecule has 0 saturated heterocycles. The van der Waals surface area contributed by atoms with Crippen LogP contribution in [0.5, 0.6) is 0 Å². The highest BCUT2D eigenvalue weighted by atomic mass is 79.9. The molecule has 0 bridgehead atoms. The maximum Gasteiger partial charge on any atom is 0.0482 e. The van der Waals surface area contributed by atoms with Crippen molar-refractivity contribution in [2.75, 3.05) is 0 Å². The molecule has 80 valence electrons. The van der Waals surface area contributed by atoms with E-state index in [1.54, 1.807) is 11.3 Å². The maximum absolute atomic E-state index is 5.57. The first-order chi connectivity index (χ1) is 6.69. The highest BCUT2D eigenvalue weighted by molar-refractivity contribution is 9.10. The summed E-state index contributed by atoms with van der Waals surface area (Å²) in [5, 5.41) is 4.24. The first-order valence-electron chi connectivity index (χ1n) is 4.86. The van der Waals surface area contributed by atoms with Gasteiger partial charge < -0.3 is 0 Å². The van der Waals surface area contributed by atoms with Crippen molar-refractivity contribution in [3.63, 3.8) is 0 Å². The Bertz CT molecular complexity index is 275. The average molecular weight is 277 g/mol. The lowest BCUT2D eigenvalue weighted by molar-refractivity contribution is 0.407. The lowest BCUT2D eigenvalue weighted by Gasteiger charge is -2.19. The topological polar surface area (TPSA) is 38.0 Å². The van der Waals surface area contributed by atoms with E-state index in [-0.39, 0.29) is 6.04 Å². The Morgan fingerprint density at radius 3 is 2.71 bits per heavy atom. The summed E-state index contributed by atoms with van der Waals surface area (Å²) in [4.78, 5) is 0. The van der Waals surface area contributed by atoms with Crippen molar-refractivity contribution >= 4 is 27.3 Å². The minimum absolute atomic E-state index is 0.269. The van der Waals surface area contributed by atoms with Crippen LogP contribution in [-0.4, -0.2) is 0 Å². The van der Waals surface area contributed by atoms with Crippen molar-refractivity contribution in [2.45, 2.75) is 32.7 Å². The van der Waals surface area contributed by atoms with Gasteiger partial charge in [-0.1, -0.05) is 20.3 Å². The van der Waals surface area contributed by atoms with E-state index in [0.717, 1.165) is 10.9 Å². The fourth-order valence-corrected chi connectivity index (χ4v) is 3.02.